The van der Waals surface area contributed by atoms with E-state index in [1.165, 1.54) is 6.20 Å². The molecule has 104 valence electrons. The third-order valence-corrected chi connectivity index (χ3v) is 3.83. The summed E-state index contributed by atoms with van der Waals surface area (Å²) < 4.78 is 1.58. The van der Waals surface area contributed by atoms with Gasteiger partial charge in [0.25, 0.3) is 5.91 Å². The number of carbonyl (C=O) groups excluding carboxylic acids is 1. The molecule has 1 saturated heterocycles. The van der Waals surface area contributed by atoms with Crippen LogP contribution in [-0.4, -0.2) is 49.6 Å². The first-order chi connectivity index (χ1) is 9.51. The third kappa shape index (κ3) is 1.82. The zero-order valence-corrected chi connectivity index (χ0v) is 11.0. The van der Waals surface area contributed by atoms with Crippen molar-refractivity contribution in [2.45, 2.75) is 13.3 Å². The second-order valence-corrected chi connectivity index (χ2v) is 5.31. The average molecular weight is 274 g/mol. The zero-order valence-electron chi connectivity index (χ0n) is 11.0. The molecule has 0 aromatic carbocycles. The van der Waals surface area contributed by atoms with Gasteiger partial charge in [-0.05, 0) is 13.3 Å². The first-order valence-corrected chi connectivity index (χ1v) is 6.31. The fourth-order valence-corrected chi connectivity index (χ4v) is 2.48. The lowest BCUT2D eigenvalue weighted by molar-refractivity contribution is -0.147. The highest BCUT2D eigenvalue weighted by Crippen LogP contribution is 2.31. The molecule has 0 bridgehead atoms. The molecule has 1 fully saturated rings. The number of aromatic nitrogens is 3. The molecule has 0 radical (unpaired) electrons. The van der Waals surface area contributed by atoms with Gasteiger partial charge >= 0.3 is 5.97 Å². The van der Waals surface area contributed by atoms with Gasteiger partial charge in [-0.15, -0.1) is 0 Å². The summed E-state index contributed by atoms with van der Waals surface area (Å²) in [5.41, 5.74) is 0.214. The Kier molecular flexibility index (Phi) is 2.70. The van der Waals surface area contributed by atoms with Crippen molar-refractivity contribution in [3.63, 3.8) is 0 Å². The van der Waals surface area contributed by atoms with Crippen LogP contribution in [0.2, 0.25) is 0 Å². The molecule has 3 rings (SSSR count). The Morgan fingerprint density at radius 3 is 2.90 bits per heavy atom. The van der Waals surface area contributed by atoms with Gasteiger partial charge in [0.2, 0.25) is 0 Å². The third-order valence-electron chi connectivity index (χ3n) is 3.83. The molecule has 0 aliphatic carbocycles. The van der Waals surface area contributed by atoms with Gasteiger partial charge in [-0.3, -0.25) is 14.6 Å². The number of likely N-dealkylation sites (tertiary alicyclic amines) is 1. The maximum atomic E-state index is 12.5. The Balaban J connectivity index is 1.89. The van der Waals surface area contributed by atoms with Crippen LogP contribution in [-0.2, 0) is 4.79 Å². The van der Waals surface area contributed by atoms with Crippen LogP contribution in [0.15, 0.2) is 24.8 Å². The highest BCUT2D eigenvalue weighted by atomic mass is 16.4. The van der Waals surface area contributed by atoms with Crippen LogP contribution in [0.1, 0.15) is 23.7 Å². The van der Waals surface area contributed by atoms with E-state index in [0.717, 1.165) is 0 Å². The average Bonchev–Trinajstić information content (AvgIpc) is 3.03. The fraction of sp³-hybridized carbons (Fsp3) is 0.385. The number of fused-ring (bicyclic) bond motifs is 1. The smallest absolute Gasteiger partial charge is 0.311 e. The Morgan fingerprint density at radius 1 is 1.40 bits per heavy atom. The first-order valence-electron chi connectivity index (χ1n) is 6.31. The number of carbonyl (C=O) groups is 2. The molecule has 1 unspecified atom stereocenters. The molecular formula is C13H14N4O3. The monoisotopic (exact) mass is 274 g/mol. The van der Waals surface area contributed by atoms with E-state index in [2.05, 4.69) is 10.1 Å². The quantitative estimate of drug-likeness (QED) is 0.869. The maximum Gasteiger partial charge on any atom is 0.311 e. The fourth-order valence-electron chi connectivity index (χ4n) is 2.48. The largest absolute Gasteiger partial charge is 0.481 e. The van der Waals surface area contributed by atoms with Crippen LogP contribution < -0.4 is 0 Å². The van der Waals surface area contributed by atoms with Crippen molar-refractivity contribution in [2.24, 2.45) is 5.41 Å². The number of carboxylic acids is 1. The zero-order chi connectivity index (χ0) is 14.3. The lowest BCUT2D eigenvalue weighted by atomic mass is 9.90. The van der Waals surface area contributed by atoms with Gasteiger partial charge in [-0.25, -0.2) is 4.52 Å². The van der Waals surface area contributed by atoms with E-state index in [4.69, 9.17) is 0 Å². The molecule has 2 aromatic rings. The van der Waals surface area contributed by atoms with Gasteiger partial charge in [0.05, 0.1) is 28.9 Å². The molecule has 1 atom stereocenters. The van der Waals surface area contributed by atoms with Crippen LogP contribution in [0.3, 0.4) is 0 Å². The highest BCUT2D eigenvalue weighted by Gasteiger charge is 2.42. The van der Waals surface area contributed by atoms with Gasteiger partial charge in [-0.2, -0.15) is 5.10 Å². The van der Waals surface area contributed by atoms with Crippen molar-refractivity contribution in [2.75, 3.05) is 13.1 Å². The molecule has 1 N–H and O–H groups in total. The maximum absolute atomic E-state index is 12.5. The van der Waals surface area contributed by atoms with Crippen molar-refractivity contribution in [1.29, 1.82) is 0 Å². The van der Waals surface area contributed by atoms with E-state index in [9.17, 15) is 14.7 Å². The molecule has 0 spiro atoms. The van der Waals surface area contributed by atoms with Crippen LogP contribution in [0.25, 0.3) is 5.52 Å². The molecule has 1 amide bonds. The normalized spacial score (nSPS) is 22.4. The second-order valence-electron chi connectivity index (χ2n) is 5.31. The van der Waals surface area contributed by atoms with Crippen LogP contribution >= 0.6 is 0 Å². The Labute approximate surface area is 114 Å². The van der Waals surface area contributed by atoms with Gasteiger partial charge in [0.1, 0.15) is 0 Å². The molecular weight excluding hydrogens is 260 g/mol. The lowest BCUT2D eigenvalue weighted by Crippen LogP contribution is -2.34. The summed E-state index contributed by atoms with van der Waals surface area (Å²) in [5, 5.41) is 13.3. The topological polar surface area (TPSA) is 87.8 Å². The first kappa shape index (κ1) is 12.6. The van der Waals surface area contributed by atoms with E-state index >= 15 is 0 Å². The van der Waals surface area contributed by atoms with Gasteiger partial charge < -0.3 is 10.0 Å². The van der Waals surface area contributed by atoms with Crippen molar-refractivity contribution in [3.8, 4) is 0 Å². The van der Waals surface area contributed by atoms with Crippen molar-refractivity contribution >= 4 is 17.4 Å². The van der Waals surface area contributed by atoms with Crippen molar-refractivity contribution < 1.29 is 14.7 Å². The van der Waals surface area contributed by atoms with Gasteiger partial charge in [0, 0.05) is 25.5 Å². The molecule has 7 nitrogen and oxygen atoms in total. The molecule has 7 heteroatoms. The molecule has 3 heterocycles. The molecule has 20 heavy (non-hydrogen) atoms. The van der Waals surface area contributed by atoms with E-state index in [0.29, 0.717) is 24.0 Å². The van der Waals surface area contributed by atoms with Gasteiger partial charge in [-0.1, -0.05) is 0 Å². The minimum atomic E-state index is -0.866. The number of nitrogens with zero attached hydrogens (tertiary/aromatic N) is 4. The number of aliphatic carboxylic acids is 1. The number of carboxylic acid groups (broad SMARTS) is 1. The standard InChI is InChI=1S/C13H14N4O3/c1-13(12(19)20)2-4-16(8-13)11(18)9-6-15-17-5-3-14-7-10(9)17/h3,5-7H,2,4,8H2,1H3,(H,19,20). The summed E-state index contributed by atoms with van der Waals surface area (Å²) in [5.74, 6) is -1.06. The number of amides is 1. The Bertz CT molecular complexity index is 696. The SMILES string of the molecule is CC1(C(=O)O)CCN(C(=O)c2cnn3ccncc23)C1. The summed E-state index contributed by atoms with van der Waals surface area (Å²) in [7, 11) is 0. The molecule has 0 saturated carbocycles. The predicted molar refractivity (Wildman–Crippen MR) is 69.3 cm³/mol. The predicted octanol–water partition coefficient (Wildman–Crippen LogP) is 0.666. The number of hydrogen-bond acceptors (Lipinski definition) is 4. The minimum Gasteiger partial charge on any atom is -0.481 e. The summed E-state index contributed by atoms with van der Waals surface area (Å²) in [6.07, 6.45) is 6.79. The van der Waals surface area contributed by atoms with Gasteiger partial charge in [0.15, 0.2) is 0 Å². The molecule has 1 aliphatic rings. The second kappa shape index (κ2) is 4.29. The summed E-state index contributed by atoms with van der Waals surface area (Å²) in [6, 6.07) is 0. The summed E-state index contributed by atoms with van der Waals surface area (Å²) in [6.45, 7) is 2.33. The van der Waals surface area contributed by atoms with Crippen molar-refractivity contribution in [1.82, 2.24) is 19.5 Å². The summed E-state index contributed by atoms with van der Waals surface area (Å²) in [4.78, 5) is 29.3. The lowest BCUT2D eigenvalue weighted by Gasteiger charge is -2.19. The molecule has 1 aliphatic heterocycles. The van der Waals surface area contributed by atoms with E-state index in [-0.39, 0.29) is 12.5 Å². The van der Waals surface area contributed by atoms with Crippen LogP contribution in [0, 0.1) is 5.41 Å². The van der Waals surface area contributed by atoms with E-state index in [1.54, 1.807) is 34.9 Å². The van der Waals surface area contributed by atoms with Crippen LogP contribution in [0.5, 0.6) is 0 Å². The molecule has 2 aromatic heterocycles. The van der Waals surface area contributed by atoms with Crippen LogP contribution in [0.4, 0.5) is 0 Å². The number of rotatable bonds is 2. The summed E-state index contributed by atoms with van der Waals surface area (Å²) >= 11 is 0. The Hall–Kier alpha value is -2.44. The number of hydrogen-bond donors (Lipinski definition) is 1. The van der Waals surface area contributed by atoms with E-state index in [1.807, 2.05) is 0 Å². The van der Waals surface area contributed by atoms with Crippen molar-refractivity contribution in [3.05, 3.63) is 30.4 Å². The highest BCUT2D eigenvalue weighted by molar-refractivity contribution is 6.00. The minimum absolute atomic E-state index is 0.196. The van der Waals surface area contributed by atoms with E-state index < -0.39 is 11.4 Å². The Morgan fingerprint density at radius 2 is 2.20 bits per heavy atom.